The number of nitrogens with one attached hydrogen (secondary N) is 3. The highest BCUT2D eigenvalue weighted by Gasteiger charge is 2.16. The van der Waals surface area contributed by atoms with Gasteiger partial charge in [0.2, 0.25) is 16.0 Å². The van der Waals surface area contributed by atoms with E-state index in [1.807, 2.05) is 38.1 Å². The molecule has 0 aliphatic heterocycles. The van der Waals surface area contributed by atoms with E-state index in [2.05, 4.69) is 35.3 Å². The fourth-order valence-corrected chi connectivity index (χ4v) is 4.90. The van der Waals surface area contributed by atoms with E-state index in [1.165, 1.54) is 23.7 Å². The van der Waals surface area contributed by atoms with Crippen molar-refractivity contribution in [2.75, 3.05) is 28.9 Å². The van der Waals surface area contributed by atoms with Gasteiger partial charge < -0.3 is 10.4 Å². The average Bonchev–Trinajstić information content (AvgIpc) is 3.21. The minimum Gasteiger partial charge on any atom is -0.395 e. The van der Waals surface area contributed by atoms with Crippen LogP contribution in [-0.4, -0.2) is 58.4 Å². The molecule has 0 saturated carbocycles. The number of amides is 2. The van der Waals surface area contributed by atoms with Crippen LogP contribution in [0.3, 0.4) is 0 Å². The van der Waals surface area contributed by atoms with E-state index in [9.17, 15) is 13.2 Å². The number of benzene rings is 1. The Morgan fingerprint density at radius 2 is 1.86 bits per heavy atom. The lowest BCUT2D eigenvalue weighted by molar-refractivity contribution is 0.252. The van der Waals surface area contributed by atoms with Gasteiger partial charge in [-0.15, -0.1) is 0 Å². The molecule has 0 saturated heterocycles. The first-order valence-electron chi connectivity index (χ1n) is 10.6. The summed E-state index contributed by atoms with van der Waals surface area (Å²) in [7, 11) is -3.73. The summed E-state index contributed by atoms with van der Waals surface area (Å²) in [5.41, 5.74) is 4.63. The number of sulfonamides is 1. The zero-order chi connectivity index (χ0) is 25.0. The van der Waals surface area contributed by atoms with Gasteiger partial charge in [-0.1, -0.05) is 17.4 Å². The maximum Gasteiger partial charge on any atom is 0.321 e. The van der Waals surface area contributed by atoms with E-state index in [4.69, 9.17) is 5.11 Å². The second-order valence-electron chi connectivity index (χ2n) is 7.54. The maximum atomic E-state index is 12.0. The quantitative estimate of drug-likeness (QED) is 0.280. The van der Waals surface area contributed by atoms with Crippen LogP contribution in [0.5, 0.6) is 0 Å². The summed E-state index contributed by atoms with van der Waals surface area (Å²) in [5.74, 6) is -0.538. The zero-order valence-electron chi connectivity index (χ0n) is 18.9. The molecule has 0 bridgehead atoms. The highest BCUT2D eigenvalue weighted by atomic mass is 32.2. The van der Waals surface area contributed by atoms with Crippen LogP contribution < -0.4 is 15.4 Å². The number of aliphatic hydroxyl groups is 1. The molecule has 0 fully saturated rings. The van der Waals surface area contributed by atoms with Gasteiger partial charge in [0.05, 0.1) is 28.3 Å². The Labute approximate surface area is 205 Å². The first-order chi connectivity index (χ1) is 16.8. The van der Waals surface area contributed by atoms with E-state index in [1.54, 1.807) is 6.20 Å². The molecule has 13 heteroatoms. The molecule has 1 aromatic carbocycles. The number of anilines is 2. The second kappa shape index (κ2) is 10.3. The number of thiazole rings is 1. The molecule has 11 nitrogen and oxygen atoms in total. The molecule has 4 rings (SSSR count). The molecule has 2 amide bonds. The lowest BCUT2D eigenvalue weighted by atomic mass is 10.0. The normalized spacial score (nSPS) is 11.4. The standard InChI is InChI=1S/C22H23N7O4S2/c1-3-23-21(31)28-22-27-18-9-14(8-16(19(18)34-22)17-5-4-13(2)10-24-17)15-11-25-20(26-12-15)29-35(32,33)7-6-30/h4-5,8-12,30H,3,6-7H2,1-2H3,(H,25,26,29)(H2,23,27,28,31). The molecule has 4 N–H and O–H groups in total. The number of aryl methyl sites for hydroxylation is 1. The van der Waals surface area contributed by atoms with Crippen LogP contribution >= 0.6 is 11.3 Å². The molecule has 0 atom stereocenters. The highest BCUT2D eigenvalue weighted by molar-refractivity contribution is 7.92. The van der Waals surface area contributed by atoms with Crippen molar-refractivity contribution in [3.63, 3.8) is 0 Å². The number of nitrogens with zero attached hydrogens (tertiary/aromatic N) is 4. The van der Waals surface area contributed by atoms with Crippen molar-refractivity contribution in [3.8, 4) is 22.4 Å². The Hall–Kier alpha value is -3.68. The summed E-state index contributed by atoms with van der Waals surface area (Å²) in [4.78, 5) is 29.3. The predicted octanol–water partition coefficient (Wildman–Crippen LogP) is 3.00. The summed E-state index contributed by atoms with van der Waals surface area (Å²) < 4.78 is 26.8. The molecular formula is C22H23N7O4S2. The zero-order valence-corrected chi connectivity index (χ0v) is 20.6. The predicted molar refractivity (Wildman–Crippen MR) is 136 cm³/mol. The Morgan fingerprint density at radius 1 is 1.09 bits per heavy atom. The van der Waals surface area contributed by atoms with E-state index >= 15 is 0 Å². The van der Waals surface area contributed by atoms with Crippen molar-refractivity contribution >= 4 is 48.7 Å². The Kier molecular flexibility index (Phi) is 7.19. The third kappa shape index (κ3) is 5.88. The second-order valence-corrected chi connectivity index (χ2v) is 10.4. The van der Waals surface area contributed by atoms with Gasteiger partial charge >= 0.3 is 6.03 Å². The largest absolute Gasteiger partial charge is 0.395 e. The summed E-state index contributed by atoms with van der Waals surface area (Å²) in [6.45, 7) is 3.77. The number of urea groups is 1. The first kappa shape index (κ1) is 24.4. The van der Waals surface area contributed by atoms with Crippen LogP contribution in [0.15, 0.2) is 42.9 Å². The SMILES string of the molecule is CCNC(=O)Nc1nc2cc(-c3cnc(NS(=O)(=O)CCO)nc3)cc(-c3ccc(C)cn3)c2s1. The van der Waals surface area contributed by atoms with Crippen LogP contribution in [-0.2, 0) is 10.0 Å². The number of hydrogen-bond acceptors (Lipinski definition) is 9. The van der Waals surface area contributed by atoms with Crippen LogP contribution in [0.4, 0.5) is 15.9 Å². The maximum absolute atomic E-state index is 12.0. The fourth-order valence-electron chi connectivity index (χ4n) is 3.21. The summed E-state index contributed by atoms with van der Waals surface area (Å²) in [6, 6.07) is 7.32. The van der Waals surface area contributed by atoms with Gasteiger partial charge in [-0.25, -0.2) is 28.2 Å². The van der Waals surface area contributed by atoms with Gasteiger partial charge in [-0.3, -0.25) is 15.0 Å². The Balaban J connectivity index is 1.75. The summed E-state index contributed by atoms with van der Waals surface area (Å²) >= 11 is 1.34. The number of aliphatic hydroxyl groups excluding tert-OH is 1. The minimum atomic E-state index is -3.73. The molecule has 182 valence electrons. The smallest absolute Gasteiger partial charge is 0.321 e. The number of rotatable bonds is 8. The lowest BCUT2D eigenvalue weighted by Gasteiger charge is -2.08. The molecule has 3 aromatic heterocycles. The van der Waals surface area contributed by atoms with Crippen molar-refractivity contribution in [3.05, 3.63) is 48.4 Å². The molecule has 3 heterocycles. The molecule has 0 aliphatic rings. The molecule has 0 unspecified atom stereocenters. The Bertz CT molecular complexity index is 1450. The average molecular weight is 514 g/mol. The van der Waals surface area contributed by atoms with Gasteiger partial charge in [0, 0.05) is 36.3 Å². The van der Waals surface area contributed by atoms with E-state index < -0.39 is 22.4 Å². The van der Waals surface area contributed by atoms with Gasteiger partial charge in [-0.2, -0.15) is 0 Å². The first-order valence-corrected chi connectivity index (χ1v) is 13.1. The molecule has 4 aromatic rings. The fraction of sp³-hybridized carbons (Fsp3) is 0.227. The van der Waals surface area contributed by atoms with Crippen molar-refractivity contribution in [2.45, 2.75) is 13.8 Å². The molecule has 0 aliphatic carbocycles. The van der Waals surface area contributed by atoms with E-state index in [0.717, 1.165) is 27.1 Å². The number of fused-ring (bicyclic) bond motifs is 1. The number of pyridine rings is 1. The molecule has 35 heavy (non-hydrogen) atoms. The van der Waals surface area contributed by atoms with Crippen LogP contribution in [0.25, 0.3) is 32.6 Å². The van der Waals surface area contributed by atoms with Crippen molar-refractivity contribution in [1.29, 1.82) is 0 Å². The summed E-state index contributed by atoms with van der Waals surface area (Å²) in [5, 5.41) is 14.8. The number of carbonyl (C=O) groups is 1. The van der Waals surface area contributed by atoms with Gasteiger partial charge in [0.15, 0.2) is 5.13 Å². The molecule has 0 spiro atoms. The summed E-state index contributed by atoms with van der Waals surface area (Å²) in [6.07, 6.45) is 4.77. The van der Waals surface area contributed by atoms with Gasteiger partial charge in [-0.05, 0) is 43.2 Å². The molecule has 0 radical (unpaired) electrons. The number of carbonyl (C=O) groups excluding carboxylic acids is 1. The van der Waals surface area contributed by atoms with Crippen LogP contribution in [0.1, 0.15) is 12.5 Å². The number of hydrogen-bond donors (Lipinski definition) is 4. The Morgan fingerprint density at radius 3 is 2.51 bits per heavy atom. The van der Waals surface area contributed by atoms with Crippen molar-refractivity contribution in [2.24, 2.45) is 0 Å². The van der Waals surface area contributed by atoms with Crippen molar-refractivity contribution in [1.82, 2.24) is 25.3 Å². The lowest BCUT2D eigenvalue weighted by Crippen LogP contribution is -2.28. The monoisotopic (exact) mass is 513 g/mol. The minimum absolute atomic E-state index is 0.0919. The van der Waals surface area contributed by atoms with E-state index in [0.29, 0.717) is 22.8 Å². The third-order valence-corrected chi connectivity index (χ3v) is 7.06. The van der Waals surface area contributed by atoms with Crippen LogP contribution in [0, 0.1) is 6.92 Å². The third-order valence-electron chi connectivity index (χ3n) is 4.83. The number of aromatic nitrogens is 4. The van der Waals surface area contributed by atoms with Gasteiger partial charge in [0.25, 0.3) is 0 Å². The highest BCUT2D eigenvalue weighted by Crippen LogP contribution is 2.38. The van der Waals surface area contributed by atoms with Crippen LogP contribution in [0.2, 0.25) is 0 Å². The van der Waals surface area contributed by atoms with Gasteiger partial charge in [0.1, 0.15) is 0 Å². The topological polar surface area (TPSA) is 159 Å². The molecular weight excluding hydrogens is 490 g/mol. The van der Waals surface area contributed by atoms with E-state index in [-0.39, 0.29) is 12.0 Å². The van der Waals surface area contributed by atoms with Crippen molar-refractivity contribution < 1.29 is 18.3 Å².